The van der Waals surface area contributed by atoms with Crippen molar-refractivity contribution in [2.45, 2.75) is 51.2 Å². The van der Waals surface area contributed by atoms with Gasteiger partial charge in [0.1, 0.15) is 0 Å². The predicted octanol–water partition coefficient (Wildman–Crippen LogP) is 1.79. The fraction of sp³-hybridized carbons (Fsp3) is 0.900. The second kappa shape index (κ2) is 7.66. The van der Waals surface area contributed by atoms with Crippen molar-refractivity contribution in [1.82, 2.24) is 4.72 Å². The lowest BCUT2D eigenvalue weighted by atomic mass is 10.2. The zero-order valence-corrected chi connectivity index (χ0v) is 10.3. The number of hydrogen-bond acceptors (Lipinski definition) is 3. The molecule has 0 amide bonds. The third-order valence-electron chi connectivity index (χ3n) is 2.20. The smallest absolute Gasteiger partial charge is 0.214 e. The zero-order chi connectivity index (χ0) is 11.7. The molecule has 0 aromatic heterocycles. The molecular formula is C10H20N2O2S. The summed E-state index contributed by atoms with van der Waals surface area (Å²) in [4.78, 5) is 0. The average Bonchev–Trinajstić information content (AvgIpc) is 2.18. The lowest BCUT2D eigenvalue weighted by molar-refractivity contribution is 0.542. The Balaban J connectivity index is 4.30. The maximum atomic E-state index is 11.8. The first-order valence-corrected chi connectivity index (χ1v) is 6.98. The molecule has 0 aromatic rings. The first-order chi connectivity index (χ1) is 7.08. The van der Waals surface area contributed by atoms with Gasteiger partial charge >= 0.3 is 0 Å². The van der Waals surface area contributed by atoms with E-state index < -0.39 is 10.0 Å². The second-order valence-electron chi connectivity index (χ2n) is 3.55. The van der Waals surface area contributed by atoms with Crippen LogP contribution in [0.15, 0.2) is 0 Å². The van der Waals surface area contributed by atoms with Crippen molar-refractivity contribution in [3.63, 3.8) is 0 Å². The molecule has 4 nitrogen and oxygen atoms in total. The Morgan fingerprint density at radius 1 is 1.27 bits per heavy atom. The third kappa shape index (κ3) is 5.75. The topological polar surface area (TPSA) is 70.0 Å². The number of hydrogen-bond donors (Lipinski definition) is 1. The minimum Gasteiger partial charge on any atom is -0.214 e. The van der Waals surface area contributed by atoms with Crippen molar-refractivity contribution < 1.29 is 8.42 Å². The van der Waals surface area contributed by atoms with Crippen LogP contribution >= 0.6 is 0 Å². The lowest BCUT2D eigenvalue weighted by Gasteiger charge is -2.16. The van der Waals surface area contributed by atoms with Crippen LogP contribution in [0.25, 0.3) is 0 Å². The van der Waals surface area contributed by atoms with Crippen molar-refractivity contribution in [2.75, 3.05) is 6.54 Å². The first-order valence-electron chi connectivity index (χ1n) is 5.43. The molecule has 88 valence electrons. The summed E-state index contributed by atoms with van der Waals surface area (Å²) in [7, 11) is -3.22. The Kier molecular flexibility index (Phi) is 7.35. The number of nitriles is 1. The molecule has 0 saturated carbocycles. The summed E-state index contributed by atoms with van der Waals surface area (Å²) >= 11 is 0. The highest BCUT2D eigenvalue weighted by Crippen LogP contribution is 2.13. The van der Waals surface area contributed by atoms with Crippen LogP contribution in [0.3, 0.4) is 0 Å². The molecular weight excluding hydrogens is 212 g/mol. The Morgan fingerprint density at radius 3 is 2.20 bits per heavy atom. The molecule has 0 aliphatic heterocycles. The fourth-order valence-corrected chi connectivity index (χ4v) is 3.18. The molecule has 0 unspecified atom stereocenters. The molecule has 0 radical (unpaired) electrons. The van der Waals surface area contributed by atoms with E-state index >= 15 is 0 Å². The van der Waals surface area contributed by atoms with Gasteiger partial charge in [0.15, 0.2) is 0 Å². The Bertz CT molecular complexity index is 287. The number of rotatable bonds is 8. The van der Waals surface area contributed by atoms with Gasteiger partial charge in [0.25, 0.3) is 0 Å². The van der Waals surface area contributed by atoms with Gasteiger partial charge in [-0.1, -0.05) is 26.7 Å². The van der Waals surface area contributed by atoms with Crippen LogP contribution in [-0.2, 0) is 10.0 Å². The molecule has 5 heteroatoms. The highest BCUT2D eigenvalue weighted by atomic mass is 32.2. The molecule has 0 bridgehead atoms. The van der Waals surface area contributed by atoms with Crippen molar-refractivity contribution >= 4 is 10.0 Å². The van der Waals surface area contributed by atoms with Gasteiger partial charge in [0, 0.05) is 13.0 Å². The van der Waals surface area contributed by atoms with Crippen LogP contribution in [0.1, 0.15) is 46.0 Å². The van der Waals surface area contributed by atoms with E-state index in [1.807, 2.05) is 19.9 Å². The highest BCUT2D eigenvalue weighted by Gasteiger charge is 2.22. The van der Waals surface area contributed by atoms with Crippen LogP contribution in [0.4, 0.5) is 0 Å². The summed E-state index contributed by atoms with van der Waals surface area (Å²) in [5, 5.41) is 8.02. The highest BCUT2D eigenvalue weighted by molar-refractivity contribution is 7.90. The molecule has 0 fully saturated rings. The molecule has 1 N–H and O–H groups in total. The minimum absolute atomic E-state index is 0.225. The summed E-state index contributed by atoms with van der Waals surface area (Å²) in [5.41, 5.74) is 0. The fourth-order valence-electron chi connectivity index (χ4n) is 1.47. The standard InChI is InChI=1S/C10H20N2O2S/c1-3-6-10(7-4-2)15(13,14)12-9-5-8-11/h10,12H,3-7,9H2,1-2H3. The largest absolute Gasteiger partial charge is 0.214 e. The Labute approximate surface area is 92.7 Å². The molecule has 0 aromatic carbocycles. The maximum absolute atomic E-state index is 11.8. The van der Waals surface area contributed by atoms with E-state index in [0.717, 1.165) is 12.8 Å². The summed E-state index contributed by atoms with van der Waals surface area (Å²) in [6.07, 6.45) is 3.34. The predicted molar refractivity (Wildman–Crippen MR) is 60.8 cm³/mol. The van der Waals surface area contributed by atoms with Crippen molar-refractivity contribution in [3.05, 3.63) is 0 Å². The molecule has 15 heavy (non-hydrogen) atoms. The van der Waals surface area contributed by atoms with Gasteiger partial charge in [-0.05, 0) is 12.8 Å². The molecule has 0 saturated heterocycles. The van der Waals surface area contributed by atoms with Crippen LogP contribution < -0.4 is 4.72 Å². The van der Waals surface area contributed by atoms with E-state index in [-0.39, 0.29) is 18.2 Å². The van der Waals surface area contributed by atoms with Gasteiger partial charge in [0.2, 0.25) is 10.0 Å². The minimum atomic E-state index is -3.22. The molecule has 0 rings (SSSR count). The van der Waals surface area contributed by atoms with E-state index in [4.69, 9.17) is 5.26 Å². The van der Waals surface area contributed by atoms with Gasteiger partial charge in [-0.2, -0.15) is 5.26 Å². The van der Waals surface area contributed by atoms with Crippen molar-refractivity contribution in [1.29, 1.82) is 5.26 Å². The first kappa shape index (κ1) is 14.4. The third-order valence-corrected chi connectivity index (χ3v) is 4.16. The monoisotopic (exact) mass is 232 g/mol. The maximum Gasteiger partial charge on any atom is 0.214 e. The Hall–Kier alpha value is -0.600. The van der Waals surface area contributed by atoms with Crippen LogP contribution in [0, 0.1) is 11.3 Å². The van der Waals surface area contributed by atoms with E-state index in [9.17, 15) is 8.42 Å². The van der Waals surface area contributed by atoms with Gasteiger partial charge in [0.05, 0.1) is 11.3 Å². The lowest BCUT2D eigenvalue weighted by Crippen LogP contribution is -2.34. The average molecular weight is 232 g/mol. The van der Waals surface area contributed by atoms with E-state index in [0.29, 0.717) is 12.8 Å². The quantitative estimate of drug-likeness (QED) is 0.649. The molecule has 0 atom stereocenters. The summed E-state index contributed by atoms with van der Waals surface area (Å²) in [5.74, 6) is 0. The summed E-state index contributed by atoms with van der Waals surface area (Å²) in [6.45, 7) is 4.18. The number of nitrogens with zero attached hydrogens (tertiary/aromatic N) is 1. The summed E-state index contributed by atoms with van der Waals surface area (Å²) in [6, 6.07) is 1.92. The van der Waals surface area contributed by atoms with Crippen LogP contribution in [0.2, 0.25) is 0 Å². The van der Waals surface area contributed by atoms with Gasteiger partial charge in [-0.15, -0.1) is 0 Å². The number of nitrogens with one attached hydrogen (secondary N) is 1. The van der Waals surface area contributed by atoms with Crippen molar-refractivity contribution in [3.8, 4) is 6.07 Å². The van der Waals surface area contributed by atoms with Crippen molar-refractivity contribution in [2.24, 2.45) is 0 Å². The zero-order valence-electron chi connectivity index (χ0n) is 9.49. The molecule has 0 aliphatic carbocycles. The number of sulfonamides is 1. The van der Waals surface area contributed by atoms with E-state index in [1.165, 1.54) is 0 Å². The van der Waals surface area contributed by atoms with Crippen LogP contribution in [-0.4, -0.2) is 20.2 Å². The van der Waals surface area contributed by atoms with Gasteiger partial charge in [-0.25, -0.2) is 13.1 Å². The van der Waals surface area contributed by atoms with Crippen LogP contribution in [0.5, 0.6) is 0 Å². The van der Waals surface area contributed by atoms with E-state index in [2.05, 4.69) is 4.72 Å². The van der Waals surface area contributed by atoms with Gasteiger partial charge < -0.3 is 0 Å². The second-order valence-corrected chi connectivity index (χ2v) is 5.59. The summed E-state index contributed by atoms with van der Waals surface area (Å²) < 4.78 is 26.0. The molecule has 0 heterocycles. The van der Waals surface area contributed by atoms with E-state index in [1.54, 1.807) is 0 Å². The van der Waals surface area contributed by atoms with Gasteiger partial charge in [-0.3, -0.25) is 0 Å². The molecule has 0 aliphatic rings. The Morgan fingerprint density at radius 2 is 1.80 bits per heavy atom. The molecule has 0 spiro atoms. The SMILES string of the molecule is CCCC(CCC)S(=O)(=O)NCCC#N. The normalized spacial score (nSPS) is 11.6.